The van der Waals surface area contributed by atoms with E-state index in [0.29, 0.717) is 6.10 Å². The summed E-state index contributed by atoms with van der Waals surface area (Å²) in [6.07, 6.45) is 6.28. The molecule has 0 bridgehead atoms. The van der Waals surface area contributed by atoms with Gasteiger partial charge < -0.3 is 4.74 Å². The van der Waals surface area contributed by atoms with Crippen LogP contribution < -0.4 is 0 Å². The van der Waals surface area contributed by atoms with E-state index in [-0.39, 0.29) is 0 Å². The van der Waals surface area contributed by atoms with Crippen LogP contribution in [-0.4, -0.2) is 40.5 Å². The molecule has 4 rings (SSSR count). The Morgan fingerprint density at radius 3 is 2.69 bits per heavy atom. The van der Waals surface area contributed by atoms with E-state index in [2.05, 4.69) is 64.6 Å². The average molecular weight is 347 g/mol. The zero-order chi connectivity index (χ0) is 17.6. The number of hydrogen-bond donors (Lipinski definition) is 0. The Labute approximate surface area is 155 Å². The van der Waals surface area contributed by atoms with E-state index < -0.39 is 0 Å². The number of rotatable bonds is 6. The third-order valence-electron chi connectivity index (χ3n) is 4.96. The molecule has 0 radical (unpaired) electrons. The van der Waals surface area contributed by atoms with Gasteiger partial charge in [0.2, 0.25) is 0 Å². The highest BCUT2D eigenvalue weighted by atomic mass is 16.5. The molecule has 4 nitrogen and oxygen atoms in total. The van der Waals surface area contributed by atoms with E-state index in [1.807, 2.05) is 23.1 Å². The number of para-hydroxylation sites is 1. The minimum Gasteiger partial charge on any atom is -0.376 e. The van der Waals surface area contributed by atoms with Crippen molar-refractivity contribution in [3.63, 3.8) is 0 Å². The lowest BCUT2D eigenvalue weighted by Crippen LogP contribution is -2.42. The fourth-order valence-electron chi connectivity index (χ4n) is 3.59. The van der Waals surface area contributed by atoms with Gasteiger partial charge >= 0.3 is 0 Å². The smallest absolute Gasteiger partial charge is 0.0705 e. The molecule has 4 heteroatoms. The molecular formula is C22H25N3O. The molecule has 1 aliphatic rings. The van der Waals surface area contributed by atoms with Gasteiger partial charge in [-0.05, 0) is 36.1 Å². The fourth-order valence-corrected chi connectivity index (χ4v) is 3.59. The molecule has 0 spiro atoms. The van der Waals surface area contributed by atoms with E-state index in [1.165, 1.54) is 11.1 Å². The Hall–Kier alpha value is -2.43. The van der Waals surface area contributed by atoms with Crippen LogP contribution in [0.25, 0.3) is 5.69 Å². The molecule has 0 unspecified atom stereocenters. The van der Waals surface area contributed by atoms with Crippen molar-refractivity contribution in [3.8, 4) is 5.69 Å². The molecule has 1 atom stereocenters. The Balaban J connectivity index is 1.38. The van der Waals surface area contributed by atoms with Crippen molar-refractivity contribution in [1.29, 1.82) is 0 Å². The Morgan fingerprint density at radius 1 is 1.00 bits per heavy atom. The molecule has 26 heavy (non-hydrogen) atoms. The molecule has 2 heterocycles. The zero-order valence-corrected chi connectivity index (χ0v) is 15.0. The number of hydrogen-bond acceptors (Lipinski definition) is 3. The molecule has 3 aromatic rings. The molecule has 134 valence electrons. The normalized spacial score (nSPS) is 18.1. The molecule has 2 aromatic carbocycles. The van der Waals surface area contributed by atoms with Crippen LogP contribution in [0.15, 0.2) is 73.1 Å². The second-order valence-electron chi connectivity index (χ2n) is 6.83. The van der Waals surface area contributed by atoms with E-state index in [0.717, 1.165) is 44.8 Å². The largest absolute Gasteiger partial charge is 0.376 e. The van der Waals surface area contributed by atoms with Crippen LogP contribution in [0.1, 0.15) is 17.5 Å². The summed E-state index contributed by atoms with van der Waals surface area (Å²) >= 11 is 0. The van der Waals surface area contributed by atoms with Crippen molar-refractivity contribution in [2.24, 2.45) is 0 Å². The second-order valence-corrected chi connectivity index (χ2v) is 6.83. The molecule has 0 N–H and O–H groups in total. The quantitative estimate of drug-likeness (QED) is 0.681. The van der Waals surface area contributed by atoms with Crippen molar-refractivity contribution in [3.05, 3.63) is 84.2 Å². The van der Waals surface area contributed by atoms with Crippen LogP contribution in [0, 0.1) is 0 Å². The van der Waals surface area contributed by atoms with Crippen LogP contribution in [0.5, 0.6) is 0 Å². The van der Waals surface area contributed by atoms with Crippen LogP contribution in [-0.2, 0) is 17.7 Å². The van der Waals surface area contributed by atoms with E-state index in [9.17, 15) is 0 Å². The minimum absolute atomic E-state index is 0.306. The lowest BCUT2D eigenvalue weighted by molar-refractivity contribution is -0.0345. The van der Waals surface area contributed by atoms with Crippen LogP contribution in [0.3, 0.4) is 0 Å². The van der Waals surface area contributed by atoms with Crippen molar-refractivity contribution < 1.29 is 4.74 Å². The maximum atomic E-state index is 6.01. The second kappa shape index (κ2) is 8.30. The van der Waals surface area contributed by atoms with Gasteiger partial charge in [0, 0.05) is 32.0 Å². The van der Waals surface area contributed by atoms with E-state index >= 15 is 0 Å². The number of aromatic nitrogens is 2. The van der Waals surface area contributed by atoms with Gasteiger partial charge in [-0.1, -0.05) is 48.5 Å². The lowest BCUT2D eigenvalue weighted by Gasteiger charge is -2.33. The molecule has 0 amide bonds. The highest BCUT2D eigenvalue weighted by Crippen LogP contribution is 2.19. The van der Waals surface area contributed by atoms with Gasteiger partial charge in [-0.3, -0.25) is 4.90 Å². The van der Waals surface area contributed by atoms with Crippen molar-refractivity contribution in [1.82, 2.24) is 14.7 Å². The van der Waals surface area contributed by atoms with Crippen LogP contribution in [0.4, 0.5) is 0 Å². The molecule has 1 fully saturated rings. The van der Waals surface area contributed by atoms with Gasteiger partial charge in [0.1, 0.15) is 0 Å². The molecule has 1 aliphatic heterocycles. The predicted octanol–water partition coefficient (Wildman–Crippen LogP) is 3.71. The highest BCUT2D eigenvalue weighted by molar-refractivity contribution is 5.40. The lowest BCUT2D eigenvalue weighted by atomic mass is 10.1. The molecule has 1 saturated heterocycles. The first-order valence-electron chi connectivity index (χ1n) is 9.34. The first kappa shape index (κ1) is 17.0. The average Bonchev–Trinajstić information content (AvgIpc) is 3.23. The Kier molecular flexibility index (Phi) is 5.43. The zero-order valence-electron chi connectivity index (χ0n) is 15.0. The number of nitrogens with zero attached hydrogens (tertiary/aromatic N) is 3. The van der Waals surface area contributed by atoms with Crippen molar-refractivity contribution >= 4 is 0 Å². The fraction of sp³-hybridized carbons (Fsp3) is 0.318. The Morgan fingerprint density at radius 2 is 1.85 bits per heavy atom. The SMILES string of the molecule is c1ccc(CC[C@H]2CN(Cc3ccccc3-n3cccn3)CCO2)cc1. The monoisotopic (exact) mass is 347 g/mol. The van der Waals surface area contributed by atoms with Gasteiger partial charge in [0.25, 0.3) is 0 Å². The number of aryl methyl sites for hydroxylation is 1. The summed E-state index contributed by atoms with van der Waals surface area (Å²) in [4.78, 5) is 2.50. The van der Waals surface area contributed by atoms with Gasteiger partial charge in [-0.25, -0.2) is 4.68 Å². The number of ether oxygens (including phenoxy) is 1. The van der Waals surface area contributed by atoms with Gasteiger partial charge in [-0.2, -0.15) is 5.10 Å². The van der Waals surface area contributed by atoms with Gasteiger partial charge in [-0.15, -0.1) is 0 Å². The van der Waals surface area contributed by atoms with Crippen molar-refractivity contribution in [2.75, 3.05) is 19.7 Å². The summed E-state index contributed by atoms with van der Waals surface area (Å²) in [5.41, 5.74) is 3.85. The van der Waals surface area contributed by atoms with Crippen molar-refractivity contribution in [2.45, 2.75) is 25.5 Å². The summed E-state index contributed by atoms with van der Waals surface area (Å²) in [6, 6.07) is 21.1. The third-order valence-corrected chi connectivity index (χ3v) is 4.96. The summed E-state index contributed by atoms with van der Waals surface area (Å²) < 4.78 is 7.96. The molecule has 0 saturated carbocycles. The molecule has 0 aliphatic carbocycles. The topological polar surface area (TPSA) is 30.3 Å². The van der Waals surface area contributed by atoms with Crippen LogP contribution in [0.2, 0.25) is 0 Å². The van der Waals surface area contributed by atoms with Gasteiger partial charge in [0.05, 0.1) is 18.4 Å². The van der Waals surface area contributed by atoms with Crippen LogP contribution >= 0.6 is 0 Å². The third kappa shape index (κ3) is 4.21. The van der Waals surface area contributed by atoms with Gasteiger partial charge in [0.15, 0.2) is 0 Å². The summed E-state index contributed by atoms with van der Waals surface area (Å²) in [5.74, 6) is 0. The summed E-state index contributed by atoms with van der Waals surface area (Å²) in [7, 11) is 0. The standard InChI is InChI=1S/C22H25N3O/c1-2-7-19(8-3-1)11-12-21-18-24(15-16-26-21)17-20-9-4-5-10-22(20)25-14-6-13-23-25/h1-10,13-14,21H,11-12,15-18H2/t21-/m0/s1. The number of morpholine rings is 1. The highest BCUT2D eigenvalue weighted by Gasteiger charge is 2.21. The molecule has 1 aromatic heterocycles. The minimum atomic E-state index is 0.306. The Bertz CT molecular complexity index is 801. The van der Waals surface area contributed by atoms with E-state index in [4.69, 9.17) is 4.74 Å². The van der Waals surface area contributed by atoms with E-state index in [1.54, 1.807) is 0 Å². The first-order valence-corrected chi connectivity index (χ1v) is 9.34. The number of benzene rings is 2. The maximum Gasteiger partial charge on any atom is 0.0705 e. The predicted molar refractivity (Wildman–Crippen MR) is 103 cm³/mol. The summed E-state index contributed by atoms with van der Waals surface area (Å²) in [5, 5.41) is 4.39. The maximum absolute atomic E-state index is 6.01. The first-order chi connectivity index (χ1) is 12.9. The summed E-state index contributed by atoms with van der Waals surface area (Å²) in [6.45, 7) is 3.71. The molecular weight excluding hydrogens is 322 g/mol.